The zero-order chi connectivity index (χ0) is 9.14. The molecule has 0 aromatic heterocycles. The minimum absolute atomic E-state index is 0.817. The van der Waals surface area contributed by atoms with E-state index in [-0.39, 0.29) is 0 Å². The molecule has 0 radical (unpaired) electrons. The molecule has 0 heterocycles. The van der Waals surface area contributed by atoms with Gasteiger partial charge in [-0.2, -0.15) is 0 Å². The monoisotopic (exact) mass is 180 g/mol. The number of hydrogen-bond acceptors (Lipinski definition) is 0. The van der Waals surface area contributed by atoms with Gasteiger partial charge in [0.1, 0.15) is 0 Å². The zero-order valence-electron chi connectivity index (χ0n) is 7.52. The third kappa shape index (κ3) is 2.12. The largest absolute Gasteiger partial charge is 0.0955 e. The van der Waals surface area contributed by atoms with E-state index in [1.54, 1.807) is 0 Å². The third-order valence-electron chi connectivity index (χ3n) is 1.90. The standard InChI is InChI=1S/C11H13Cl/c1-8(2)11-7-6-10(12)5-4-9(11)3/h4-5,7H,1,6H2,2-3H3. The summed E-state index contributed by atoms with van der Waals surface area (Å²) in [6.07, 6.45) is 6.93. The molecule has 1 rings (SSSR count). The van der Waals surface area contributed by atoms with Crippen LogP contribution < -0.4 is 0 Å². The van der Waals surface area contributed by atoms with Gasteiger partial charge in [-0.25, -0.2) is 0 Å². The highest BCUT2D eigenvalue weighted by Crippen LogP contribution is 2.24. The van der Waals surface area contributed by atoms with E-state index in [1.807, 2.05) is 19.1 Å². The Labute approximate surface area is 78.9 Å². The van der Waals surface area contributed by atoms with Crippen LogP contribution in [0.3, 0.4) is 0 Å². The molecule has 0 aromatic carbocycles. The molecule has 0 amide bonds. The molecule has 0 unspecified atom stereocenters. The van der Waals surface area contributed by atoms with E-state index in [4.69, 9.17) is 11.6 Å². The van der Waals surface area contributed by atoms with Gasteiger partial charge in [0.15, 0.2) is 0 Å². The van der Waals surface area contributed by atoms with Gasteiger partial charge in [-0.15, -0.1) is 0 Å². The van der Waals surface area contributed by atoms with Crippen LogP contribution in [0.15, 0.2) is 46.6 Å². The molecule has 0 atom stereocenters. The lowest BCUT2D eigenvalue weighted by molar-refractivity contribution is 1.27. The Bertz CT molecular complexity index is 290. The maximum absolute atomic E-state index is 5.90. The second-order valence-corrected chi connectivity index (χ2v) is 3.55. The van der Waals surface area contributed by atoms with Gasteiger partial charge in [0.2, 0.25) is 0 Å². The molecule has 0 nitrogen and oxygen atoms in total. The minimum atomic E-state index is 0.817. The fourth-order valence-electron chi connectivity index (χ4n) is 1.24. The molecule has 1 aliphatic rings. The predicted molar refractivity (Wildman–Crippen MR) is 55.2 cm³/mol. The summed E-state index contributed by atoms with van der Waals surface area (Å²) in [6, 6.07) is 0. The summed E-state index contributed by atoms with van der Waals surface area (Å²) in [7, 11) is 0. The smallest absolute Gasteiger partial charge is 0.0219 e. The SMILES string of the molecule is C=C(C)C1=CCC(Cl)=CC=C1C. The molecule has 0 bridgehead atoms. The van der Waals surface area contributed by atoms with Crippen molar-refractivity contribution >= 4 is 11.6 Å². The van der Waals surface area contributed by atoms with Gasteiger partial charge >= 0.3 is 0 Å². The molecule has 0 fully saturated rings. The van der Waals surface area contributed by atoms with Crippen molar-refractivity contribution in [2.45, 2.75) is 20.3 Å². The van der Waals surface area contributed by atoms with Crippen molar-refractivity contribution in [2.75, 3.05) is 0 Å². The van der Waals surface area contributed by atoms with Crippen LogP contribution in [-0.4, -0.2) is 0 Å². The molecule has 0 aliphatic heterocycles. The number of rotatable bonds is 1. The van der Waals surface area contributed by atoms with Gasteiger partial charge in [-0.3, -0.25) is 0 Å². The first-order valence-corrected chi connectivity index (χ1v) is 4.38. The summed E-state index contributed by atoms with van der Waals surface area (Å²) in [5, 5.41) is 0.880. The van der Waals surface area contributed by atoms with E-state index < -0.39 is 0 Å². The summed E-state index contributed by atoms with van der Waals surface area (Å²) in [4.78, 5) is 0. The molecule has 0 aromatic rings. The molecule has 0 N–H and O–H groups in total. The first-order chi connectivity index (χ1) is 5.61. The highest BCUT2D eigenvalue weighted by molar-refractivity contribution is 6.29. The summed E-state index contributed by atoms with van der Waals surface area (Å²) < 4.78 is 0. The summed E-state index contributed by atoms with van der Waals surface area (Å²) in [5.41, 5.74) is 3.56. The lowest BCUT2D eigenvalue weighted by Gasteiger charge is -2.04. The highest BCUT2D eigenvalue weighted by Gasteiger charge is 2.03. The van der Waals surface area contributed by atoms with Crippen molar-refractivity contribution < 1.29 is 0 Å². The van der Waals surface area contributed by atoms with E-state index >= 15 is 0 Å². The van der Waals surface area contributed by atoms with E-state index in [0.717, 1.165) is 17.0 Å². The topological polar surface area (TPSA) is 0 Å². The first kappa shape index (κ1) is 9.34. The lowest BCUT2D eigenvalue weighted by atomic mass is 10.0. The van der Waals surface area contributed by atoms with Crippen LogP contribution in [0.5, 0.6) is 0 Å². The van der Waals surface area contributed by atoms with Gasteiger partial charge in [0.05, 0.1) is 0 Å². The average Bonchev–Trinajstić information content (AvgIpc) is 2.14. The molecule has 0 spiro atoms. The van der Waals surface area contributed by atoms with E-state index in [2.05, 4.69) is 19.6 Å². The molecule has 64 valence electrons. The quantitative estimate of drug-likeness (QED) is 0.573. The Kier molecular flexibility index (Phi) is 2.93. The molecule has 1 aliphatic carbocycles. The molecular formula is C11H13Cl. The minimum Gasteiger partial charge on any atom is -0.0955 e. The van der Waals surface area contributed by atoms with Gasteiger partial charge in [-0.1, -0.05) is 35.9 Å². The molecule has 1 heteroatoms. The zero-order valence-corrected chi connectivity index (χ0v) is 8.28. The van der Waals surface area contributed by atoms with Crippen LogP contribution in [0, 0.1) is 0 Å². The number of halogens is 1. The fraction of sp³-hybridized carbons (Fsp3) is 0.273. The number of allylic oxidation sites excluding steroid dienone is 7. The van der Waals surface area contributed by atoms with E-state index in [9.17, 15) is 0 Å². The molecular weight excluding hydrogens is 168 g/mol. The van der Waals surface area contributed by atoms with Crippen LogP contribution in [-0.2, 0) is 0 Å². The van der Waals surface area contributed by atoms with Crippen molar-refractivity contribution in [3.8, 4) is 0 Å². The van der Waals surface area contributed by atoms with Crippen molar-refractivity contribution in [1.29, 1.82) is 0 Å². The van der Waals surface area contributed by atoms with Gasteiger partial charge in [-0.05, 0) is 31.1 Å². The van der Waals surface area contributed by atoms with Crippen LogP contribution in [0.1, 0.15) is 20.3 Å². The second-order valence-electron chi connectivity index (χ2n) is 3.07. The van der Waals surface area contributed by atoms with Crippen molar-refractivity contribution in [3.05, 3.63) is 46.6 Å². The Balaban J connectivity index is 3.00. The predicted octanol–water partition coefficient (Wildman–Crippen LogP) is 3.96. The first-order valence-electron chi connectivity index (χ1n) is 4.00. The van der Waals surface area contributed by atoms with Crippen LogP contribution >= 0.6 is 11.6 Å². The van der Waals surface area contributed by atoms with Crippen molar-refractivity contribution in [3.63, 3.8) is 0 Å². The normalized spacial score (nSPS) is 17.4. The maximum Gasteiger partial charge on any atom is 0.0219 e. The maximum atomic E-state index is 5.90. The lowest BCUT2D eigenvalue weighted by Crippen LogP contribution is -1.85. The van der Waals surface area contributed by atoms with Gasteiger partial charge in [0.25, 0.3) is 0 Å². The van der Waals surface area contributed by atoms with Crippen molar-refractivity contribution in [2.24, 2.45) is 0 Å². The van der Waals surface area contributed by atoms with Crippen LogP contribution in [0.25, 0.3) is 0 Å². The third-order valence-corrected chi connectivity index (χ3v) is 2.18. The summed E-state index contributed by atoms with van der Waals surface area (Å²) in [5.74, 6) is 0. The van der Waals surface area contributed by atoms with E-state index in [0.29, 0.717) is 0 Å². The highest BCUT2D eigenvalue weighted by atomic mass is 35.5. The fourth-order valence-corrected chi connectivity index (χ4v) is 1.38. The molecule has 12 heavy (non-hydrogen) atoms. The van der Waals surface area contributed by atoms with Gasteiger partial charge < -0.3 is 0 Å². The Hall–Kier alpha value is -0.750. The van der Waals surface area contributed by atoms with Crippen LogP contribution in [0.4, 0.5) is 0 Å². The summed E-state index contributed by atoms with van der Waals surface area (Å²) >= 11 is 5.90. The Morgan fingerprint density at radius 2 is 2.17 bits per heavy atom. The second kappa shape index (κ2) is 3.77. The Morgan fingerprint density at radius 1 is 1.50 bits per heavy atom. The molecule has 0 saturated carbocycles. The Morgan fingerprint density at radius 3 is 2.75 bits per heavy atom. The van der Waals surface area contributed by atoms with Crippen molar-refractivity contribution in [1.82, 2.24) is 0 Å². The average molecular weight is 181 g/mol. The van der Waals surface area contributed by atoms with Gasteiger partial charge in [0, 0.05) is 11.5 Å². The molecule has 0 saturated heterocycles. The number of hydrogen-bond donors (Lipinski definition) is 0. The van der Waals surface area contributed by atoms with E-state index in [1.165, 1.54) is 11.1 Å². The summed E-state index contributed by atoms with van der Waals surface area (Å²) in [6.45, 7) is 8.01. The van der Waals surface area contributed by atoms with Crippen LogP contribution in [0.2, 0.25) is 0 Å².